The van der Waals surface area contributed by atoms with Crippen molar-refractivity contribution >= 4 is 5.97 Å². The lowest BCUT2D eigenvalue weighted by Gasteiger charge is -2.44. The number of piperazine rings is 1. The Balaban J connectivity index is 2.59. The summed E-state index contributed by atoms with van der Waals surface area (Å²) in [6.45, 7) is 10.7. The third-order valence-corrected chi connectivity index (χ3v) is 3.73. The summed E-state index contributed by atoms with van der Waals surface area (Å²) in [5.41, 5.74) is 5.15. The minimum Gasteiger partial charge on any atom is -0.465 e. The SMILES string of the molecule is CCOC(=O)C(C)(N)CN1CC(C)N(C)C(C)C1. The van der Waals surface area contributed by atoms with Gasteiger partial charge in [-0.3, -0.25) is 14.6 Å². The van der Waals surface area contributed by atoms with Crippen LogP contribution in [0.1, 0.15) is 27.7 Å². The standard InChI is InChI=1S/C13H27N3O2/c1-6-18-12(17)13(4,14)9-16-7-10(2)15(5)11(3)8-16/h10-11H,6-9,14H2,1-5H3. The molecule has 0 aromatic rings. The van der Waals surface area contributed by atoms with Gasteiger partial charge in [0.05, 0.1) is 6.61 Å². The smallest absolute Gasteiger partial charge is 0.327 e. The first kappa shape index (κ1) is 15.4. The molecule has 0 amide bonds. The lowest BCUT2D eigenvalue weighted by atomic mass is 10.0. The first-order chi connectivity index (χ1) is 8.27. The van der Waals surface area contributed by atoms with Crippen molar-refractivity contribution in [2.24, 2.45) is 5.73 Å². The van der Waals surface area contributed by atoms with Crippen molar-refractivity contribution in [3.05, 3.63) is 0 Å². The number of likely N-dealkylation sites (N-methyl/N-ethyl adjacent to an activating group) is 1. The van der Waals surface area contributed by atoms with Gasteiger partial charge in [-0.25, -0.2) is 0 Å². The highest BCUT2D eigenvalue weighted by Crippen LogP contribution is 2.16. The summed E-state index contributed by atoms with van der Waals surface area (Å²) in [7, 11) is 2.14. The van der Waals surface area contributed by atoms with Crippen LogP contribution in [0.2, 0.25) is 0 Å². The van der Waals surface area contributed by atoms with Gasteiger partial charge < -0.3 is 10.5 Å². The number of esters is 1. The molecule has 1 aliphatic rings. The highest BCUT2D eigenvalue weighted by Gasteiger charge is 2.35. The fourth-order valence-corrected chi connectivity index (χ4v) is 2.47. The van der Waals surface area contributed by atoms with Gasteiger partial charge in [-0.15, -0.1) is 0 Å². The van der Waals surface area contributed by atoms with E-state index in [1.165, 1.54) is 0 Å². The van der Waals surface area contributed by atoms with E-state index < -0.39 is 5.54 Å². The number of nitrogens with zero attached hydrogens (tertiary/aromatic N) is 2. The number of rotatable bonds is 4. The second-order valence-corrected chi connectivity index (χ2v) is 5.70. The van der Waals surface area contributed by atoms with E-state index in [0.717, 1.165) is 13.1 Å². The summed E-state index contributed by atoms with van der Waals surface area (Å²) in [4.78, 5) is 16.4. The zero-order valence-electron chi connectivity index (χ0n) is 12.3. The summed E-state index contributed by atoms with van der Waals surface area (Å²) in [5, 5.41) is 0. The minimum absolute atomic E-state index is 0.316. The van der Waals surface area contributed by atoms with Crippen molar-refractivity contribution in [1.82, 2.24) is 9.80 Å². The third kappa shape index (κ3) is 3.67. The van der Waals surface area contributed by atoms with Crippen LogP contribution in [-0.2, 0) is 9.53 Å². The largest absolute Gasteiger partial charge is 0.465 e. The molecule has 1 rings (SSSR count). The second-order valence-electron chi connectivity index (χ2n) is 5.70. The van der Waals surface area contributed by atoms with E-state index in [0.29, 0.717) is 25.2 Å². The van der Waals surface area contributed by atoms with Gasteiger partial charge >= 0.3 is 5.97 Å². The van der Waals surface area contributed by atoms with Crippen LogP contribution in [0.25, 0.3) is 0 Å². The summed E-state index contributed by atoms with van der Waals surface area (Å²) < 4.78 is 5.02. The normalized spacial score (nSPS) is 29.9. The number of hydrogen-bond donors (Lipinski definition) is 1. The summed E-state index contributed by atoms with van der Waals surface area (Å²) in [6, 6.07) is 0.957. The highest BCUT2D eigenvalue weighted by molar-refractivity contribution is 5.80. The van der Waals surface area contributed by atoms with Crippen molar-refractivity contribution in [3.63, 3.8) is 0 Å². The molecule has 0 aliphatic carbocycles. The molecule has 1 aliphatic heterocycles. The Hall–Kier alpha value is -0.650. The van der Waals surface area contributed by atoms with E-state index in [2.05, 4.69) is 30.7 Å². The van der Waals surface area contributed by atoms with Gasteiger partial charge in [0.2, 0.25) is 0 Å². The monoisotopic (exact) mass is 257 g/mol. The topological polar surface area (TPSA) is 58.8 Å². The molecule has 0 aromatic heterocycles. The van der Waals surface area contributed by atoms with E-state index >= 15 is 0 Å². The fourth-order valence-electron chi connectivity index (χ4n) is 2.47. The zero-order chi connectivity index (χ0) is 13.9. The second kappa shape index (κ2) is 5.99. The van der Waals surface area contributed by atoms with Gasteiger partial charge in [0, 0.05) is 31.7 Å². The molecule has 18 heavy (non-hydrogen) atoms. The molecule has 5 nitrogen and oxygen atoms in total. The summed E-state index contributed by atoms with van der Waals surface area (Å²) in [5.74, 6) is -0.316. The third-order valence-electron chi connectivity index (χ3n) is 3.73. The molecule has 106 valence electrons. The fraction of sp³-hybridized carbons (Fsp3) is 0.923. The molecule has 0 radical (unpaired) electrons. The number of carbonyl (C=O) groups excluding carboxylic acids is 1. The van der Waals surface area contributed by atoms with E-state index in [1.54, 1.807) is 13.8 Å². The quantitative estimate of drug-likeness (QED) is 0.734. The van der Waals surface area contributed by atoms with Crippen LogP contribution in [0.4, 0.5) is 0 Å². The maximum absolute atomic E-state index is 11.8. The van der Waals surface area contributed by atoms with E-state index in [1.807, 2.05) is 0 Å². The van der Waals surface area contributed by atoms with Crippen molar-refractivity contribution in [1.29, 1.82) is 0 Å². The Morgan fingerprint density at radius 3 is 2.33 bits per heavy atom. The average Bonchev–Trinajstić information content (AvgIpc) is 2.25. The highest BCUT2D eigenvalue weighted by atomic mass is 16.5. The molecule has 1 saturated heterocycles. The Morgan fingerprint density at radius 2 is 1.89 bits per heavy atom. The number of ether oxygens (including phenoxy) is 1. The Kier molecular flexibility index (Phi) is 5.13. The van der Waals surface area contributed by atoms with Crippen LogP contribution in [0, 0.1) is 0 Å². The predicted molar refractivity (Wildman–Crippen MR) is 72.4 cm³/mol. The lowest BCUT2D eigenvalue weighted by molar-refractivity contribution is -0.150. The van der Waals surface area contributed by atoms with Crippen molar-refractivity contribution < 1.29 is 9.53 Å². The van der Waals surface area contributed by atoms with Crippen LogP contribution in [-0.4, -0.2) is 66.7 Å². The molecule has 1 fully saturated rings. The Bertz CT molecular complexity index is 282. The van der Waals surface area contributed by atoms with E-state index in [-0.39, 0.29) is 5.97 Å². The maximum Gasteiger partial charge on any atom is 0.327 e. The molecule has 3 atom stereocenters. The van der Waals surface area contributed by atoms with Gasteiger partial charge in [0.15, 0.2) is 0 Å². The van der Waals surface area contributed by atoms with Gasteiger partial charge in [0.1, 0.15) is 5.54 Å². The van der Waals surface area contributed by atoms with Crippen LogP contribution in [0.15, 0.2) is 0 Å². The zero-order valence-corrected chi connectivity index (χ0v) is 12.3. The van der Waals surface area contributed by atoms with Crippen molar-refractivity contribution in [2.45, 2.75) is 45.3 Å². The van der Waals surface area contributed by atoms with E-state index in [9.17, 15) is 4.79 Å². The number of carbonyl (C=O) groups is 1. The molecule has 3 unspecified atom stereocenters. The van der Waals surface area contributed by atoms with Gasteiger partial charge in [-0.1, -0.05) is 0 Å². The Labute approximate surface area is 110 Å². The molecule has 5 heteroatoms. The van der Waals surface area contributed by atoms with Crippen LogP contribution in [0.5, 0.6) is 0 Å². The average molecular weight is 257 g/mol. The first-order valence-electron chi connectivity index (χ1n) is 6.68. The van der Waals surface area contributed by atoms with Gasteiger partial charge in [-0.05, 0) is 34.7 Å². The minimum atomic E-state index is -0.925. The predicted octanol–water partition coefficient (Wildman–Crippen LogP) is 0.291. The number of hydrogen-bond acceptors (Lipinski definition) is 5. The van der Waals surface area contributed by atoms with Crippen molar-refractivity contribution in [3.8, 4) is 0 Å². The Morgan fingerprint density at radius 1 is 1.39 bits per heavy atom. The molecule has 0 bridgehead atoms. The van der Waals surface area contributed by atoms with Crippen molar-refractivity contribution in [2.75, 3.05) is 33.3 Å². The molecule has 0 spiro atoms. The number of nitrogens with two attached hydrogens (primary N) is 1. The van der Waals surface area contributed by atoms with Crippen LogP contribution < -0.4 is 5.73 Å². The van der Waals surface area contributed by atoms with Crippen LogP contribution >= 0.6 is 0 Å². The molecular formula is C13H27N3O2. The summed E-state index contributed by atoms with van der Waals surface area (Å²) >= 11 is 0. The van der Waals surface area contributed by atoms with Crippen LogP contribution in [0.3, 0.4) is 0 Å². The molecule has 2 N–H and O–H groups in total. The van der Waals surface area contributed by atoms with Gasteiger partial charge in [0.25, 0.3) is 0 Å². The lowest BCUT2D eigenvalue weighted by Crippen LogP contribution is -2.61. The molecule has 0 aromatic carbocycles. The van der Waals surface area contributed by atoms with E-state index in [4.69, 9.17) is 10.5 Å². The molecule has 1 heterocycles. The first-order valence-corrected chi connectivity index (χ1v) is 6.68. The molecule has 0 saturated carbocycles. The molecular weight excluding hydrogens is 230 g/mol. The summed E-state index contributed by atoms with van der Waals surface area (Å²) in [6.07, 6.45) is 0. The maximum atomic E-state index is 11.8. The van der Waals surface area contributed by atoms with Gasteiger partial charge in [-0.2, -0.15) is 0 Å².